The summed E-state index contributed by atoms with van der Waals surface area (Å²) in [6, 6.07) is 88.7. The summed E-state index contributed by atoms with van der Waals surface area (Å²) in [7, 11) is 0. The number of rotatable bonds is 5. The Morgan fingerprint density at radius 2 is 0.592 bits per heavy atom. The lowest BCUT2D eigenvalue weighted by atomic mass is 9.34. The van der Waals surface area contributed by atoms with Crippen LogP contribution in [-0.4, -0.2) is 39.5 Å². The van der Waals surface area contributed by atoms with Gasteiger partial charge < -0.3 is 13.7 Å². The molecule has 0 spiro atoms. The first-order valence-corrected chi connectivity index (χ1v) is 26.1. The van der Waals surface area contributed by atoms with Crippen LogP contribution in [0, 0.1) is 0 Å². The van der Waals surface area contributed by atoms with Crippen molar-refractivity contribution in [2.75, 3.05) is 0 Å². The summed E-state index contributed by atoms with van der Waals surface area (Å²) >= 11 is 0. The zero-order chi connectivity index (χ0) is 49.3. The molecule has 0 N–H and O–H groups in total. The van der Waals surface area contributed by atoms with Crippen LogP contribution in [0.3, 0.4) is 0 Å². The molecule has 2 aliphatic rings. The molecule has 0 fully saturated rings. The average Bonchev–Trinajstić information content (AvgIpc) is 4.37. The molecule has 5 aromatic heterocycles. The first-order valence-electron chi connectivity index (χ1n) is 26.1. The van der Waals surface area contributed by atoms with Crippen molar-refractivity contribution in [3.05, 3.63) is 243 Å². The Bertz CT molecular complexity index is 4760. The molecule has 7 nitrogen and oxygen atoms in total. The molecule has 8 heteroatoms. The van der Waals surface area contributed by atoms with Gasteiger partial charge >= 0.3 is 0 Å². The maximum atomic E-state index is 5.90. The summed E-state index contributed by atoms with van der Waals surface area (Å²) in [6.45, 7) is -0.165. The summed E-state index contributed by atoms with van der Waals surface area (Å²) in [5.41, 5.74) is 22.2. The van der Waals surface area contributed by atoms with Gasteiger partial charge in [-0.2, -0.15) is 0 Å². The Balaban J connectivity index is 1.04. The van der Waals surface area contributed by atoms with Gasteiger partial charge in [0.05, 0.1) is 61.2 Å². The molecule has 0 unspecified atom stereocenters. The number of aromatic nitrogens is 7. The lowest BCUT2D eigenvalue weighted by Gasteiger charge is -2.34. The van der Waals surface area contributed by atoms with Gasteiger partial charge in [0, 0.05) is 54.8 Å². The van der Waals surface area contributed by atoms with Crippen LogP contribution in [0.1, 0.15) is 0 Å². The highest BCUT2D eigenvalue weighted by Crippen LogP contribution is 2.44. The van der Waals surface area contributed by atoms with Gasteiger partial charge in [-0.1, -0.05) is 182 Å². The third-order valence-corrected chi connectivity index (χ3v) is 16.7. The Hall–Kier alpha value is -10.2. The molecule has 0 saturated heterocycles. The minimum Gasteiger partial charge on any atom is -0.309 e. The highest BCUT2D eigenvalue weighted by Gasteiger charge is 2.43. The zero-order valence-corrected chi connectivity index (χ0v) is 40.8. The van der Waals surface area contributed by atoms with Crippen molar-refractivity contribution in [2.24, 2.45) is 0 Å². The predicted octanol–water partition coefficient (Wildman–Crippen LogP) is 14.1. The number of nitrogens with zero attached hydrogens (tertiary/aromatic N) is 7. The van der Waals surface area contributed by atoms with E-state index in [1.54, 1.807) is 0 Å². The van der Waals surface area contributed by atoms with E-state index in [9.17, 15) is 0 Å². The smallest absolute Gasteiger partial charge is 0.252 e. The molecule has 0 radical (unpaired) electrons. The molecule has 16 aromatic rings. The number of hydrogen-bond acceptors (Lipinski definition) is 2. The largest absolute Gasteiger partial charge is 0.309 e. The van der Waals surface area contributed by atoms with E-state index >= 15 is 0 Å². The van der Waals surface area contributed by atoms with Crippen LogP contribution in [-0.2, 0) is 0 Å². The molecule has 0 aliphatic carbocycles. The Labute approximate surface area is 435 Å². The van der Waals surface area contributed by atoms with E-state index in [4.69, 9.17) is 9.97 Å². The SMILES string of the molecule is c1ccc(-c2nc3c(-n4c5ccccc5c5ccccc54)ccc4c3n2-c2cc(-n3c5ccccc5c5ccccc53)cc3c2B4c2ccc(-n4c5ccccc5c5ccccc54)c4nc(-c5ccccc5)n-3c24)cc1. The van der Waals surface area contributed by atoms with Crippen LogP contribution in [0.4, 0.5) is 0 Å². The minimum atomic E-state index is -0.165. The van der Waals surface area contributed by atoms with Gasteiger partial charge in [-0.05, 0) is 77.1 Å². The van der Waals surface area contributed by atoms with Crippen LogP contribution < -0.4 is 16.4 Å². The maximum Gasteiger partial charge on any atom is 0.252 e. The third-order valence-electron chi connectivity index (χ3n) is 16.7. The van der Waals surface area contributed by atoms with Gasteiger partial charge in [0.2, 0.25) is 0 Å². The van der Waals surface area contributed by atoms with Gasteiger partial charge in [0.25, 0.3) is 6.71 Å². The second-order valence-electron chi connectivity index (χ2n) is 20.5. The number of para-hydroxylation sites is 6. The number of fused-ring (bicyclic) bond motifs is 13. The summed E-state index contributed by atoms with van der Waals surface area (Å²) in [4.78, 5) is 11.8. The van der Waals surface area contributed by atoms with Gasteiger partial charge in [0.15, 0.2) is 0 Å². The topological polar surface area (TPSA) is 50.4 Å². The van der Waals surface area contributed by atoms with Crippen molar-refractivity contribution >= 4 is 111 Å². The van der Waals surface area contributed by atoms with Crippen molar-refractivity contribution < 1.29 is 0 Å². The first kappa shape index (κ1) is 40.3. The van der Waals surface area contributed by atoms with Gasteiger partial charge in [0.1, 0.15) is 22.7 Å². The highest BCUT2D eigenvalue weighted by atomic mass is 15.2. The summed E-state index contributed by atoms with van der Waals surface area (Å²) in [6.07, 6.45) is 0. The predicted molar refractivity (Wildman–Crippen MR) is 314 cm³/mol. The van der Waals surface area contributed by atoms with Crippen molar-refractivity contribution in [2.45, 2.75) is 0 Å². The van der Waals surface area contributed by atoms with Crippen LogP contribution in [0.25, 0.3) is 139 Å². The van der Waals surface area contributed by atoms with Gasteiger partial charge in [-0.3, -0.25) is 9.13 Å². The van der Waals surface area contributed by atoms with Crippen LogP contribution >= 0.6 is 0 Å². The van der Waals surface area contributed by atoms with Crippen LogP contribution in [0.2, 0.25) is 0 Å². The molecule has 7 heterocycles. The van der Waals surface area contributed by atoms with Crippen molar-refractivity contribution in [1.29, 1.82) is 0 Å². The number of imidazole rings is 2. The lowest BCUT2D eigenvalue weighted by molar-refractivity contribution is 1.06. The Kier molecular flexibility index (Phi) is 7.82. The highest BCUT2D eigenvalue weighted by molar-refractivity contribution is 7.00. The molecule has 0 bridgehead atoms. The Morgan fingerprint density at radius 1 is 0.276 bits per heavy atom. The molecule has 0 amide bonds. The monoisotopic (exact) mass is 965 g/mol. The molecule has 0 atom stereocenters. The van der Waals surface area contributed by atoms with Crippen LogP contribution in [0.5, 0.6) is 0 Å². The fourth-order valence-corrected chi connectivity index (χ4v) is 13.7. The van der Waals surface area contributed by atoms with E-state index in [0.29, 0.717) is 0 Å². The maximum absolute atomic E-state index is 5.90. The van der Waals surface area contributed by atoms with E-state index in [1.165, 1.54) is 48.7 Å². The minimum absolute atomic E-state index is 0.165. The number of benzene rings is 11. The fourth-order valence-electron chi connectivity index (χ4n) is 13.7. The van der Waals surface area contributed by atoms with Gasteiger partial charge in [-0.15, -0.1) is 0 Å². The van der Waals surface area contributed by atoms with E-state index in [0.717, 1.165) is 106 Å². The second-order valence-corrected chi connectivity index (χ2v) is 20.5. The zero-order valence-electron chi connectivity index (χ0n) is 40.8. The average molecular weight is 966 g/mol. The lowest BCUT2D eigenvalue weighted by Crippen LogP contribution is -2.59. The number of hydrogen-bond donors (Lipinski definition) is 0. The quantitative estimate of drug-likeness (QED) is 0.161. The van der Waals surface area contributed by atoms with E-state index in [-0.39, 0.29) is 6.71 Å². The molecule has 11 aromatic carbocycles. The van der Waals surface area contributed by atoms with Gasteiger partial charge in [-0.25, -0.2) is 9.97 Å². The molecular weight excluding hydrogens is 926 g/mol. The third kappa shape index (κ3) is 5.12. The molecular formula is C68H40BN7. The first-order chi connectivity index (χ1) is 37.8. The molecule has 350 valence electrons. The van der Waals surface area contributed by atoms with E-state index in [2.05, 4.69) is 265 Å². The van der Waals surface area contributed by atoms with Crippen molar-refractivity contribution in [3.8, 4) is 51.2 Å². The summed E-state index contributed by atoms with van der Waals surface area (Å²) < 4.78 is 12.3. The second kappa shape index (κ2) is 14.7. The molecule has 0 saturated carbocycles. The van der Waals surface area contributed by atoms with E-state index < -0.39 is 0 Å². The molecule has 76 heavy (non-hydrogen) atoms. The van der Waals surface area contributed by atoms with Crippen LogP contribution in [0.15, 0.2) is 243 Å². The fraction of sp³-hybridized carbons (Fsp3) is 0. The molecule has 2 aliphatic heterocycles. The molecule has 18 rings (SSSR count). The van der Waals surface area contributed by atoms with Crippen molar-refractivity contribution in [1.82, 2.24) is 32.8 Å². The Morgan fingerprint density at radius 3 is 0.947 bits per heavy atom. The van der Waals surface area contributed by atoms with E-state index in [1.807, 2.05) is 0 Å². The summed E-state index contributed by atoms with van der Waals surface area (Å²) in [5, 5.41) is 7.31. The standard InChI is InChI=1S/C68H40BN7/c1-3-19-41(20-4-1)67-70-63-58(73-54-31-15-9-25-46(54)47-26-10-16-32-55(47)73)37-35-50-65(63)75(67)60-39-43(72-52-29-13-7-23-44(52)45-24-8-14-30-53(45)72)40-61-62(60)69(50)51-36-38-59(64-66(51)76(61)68(71-64)42-21-5-2-6-22-42)74-56-33-17-11-27-48(56)49-28-12-18-34-57(49)74/h1-40H. The normalized spacial score (nSPS) is 12.7. The summed E-state index contributed by atoms with van der Waals surface area (Å²) in [5.74, 6) is 1.80. The van der Waals surface area contributed by atoms with Crippen molar-refractivity contribution in [3.63, 3.8) is 0 Å².